The van der Waals surface area contributed by atoms with Crippen LogP contribution in [0.15, 0.2) is 36.7 Å². The molecular weight excluding hydrogens is 316 g/mol. The van der Waals surface area contributed by atoms with Gasteiger partial charge in [-0.05, 0) is 37.5 Å². The fourth-order valence-corrected chi connectivity index (χ4v) is 3.27. The zero-order chi connectivity index (χ0) is 17.2. The van der Waals surface area contributed by atoms with Crippen LogP contribution in [0.2, 0.25) is 0 Å². The van der Waals surface area contributed by atoms with Gasteiger partial charge in [0, 0.05) is 13.1 Å². The maximum Gasteiger partial charge on any atom is 0.274 e. The molecular formula is C19H22N4O2. The predicted octanol–water partition coefficient (Wildman–Crippen LogP) is 2.29. The first-order chi connectivity index (χ1) is 12.2. The standard InChI is InChI=1S/C19H22N4O2/c1-14-5-4-6-15(9-14)25-16-12-23(13-16)18-11-20-10-17(21-18)19(24)22-7-2-3-8-22/h4-6,9-11,16H,2-3,7-8,12-13H2,1H3. The second-order valence-electron chi connectivity index (χ2n) is 6.72. The molecule has 2 aliphatic heterocycles. The summed E-state index contributed by atoms with van der Waals surface area (Å²) in [6.07, 6.45) is 5.56. The molecule has 0 bridgehead atoms. The van der Waals surface area contributed by atoms with Crippen LogP contribution >= 0.6 is 0 Å². The van der Waals surface area contributed by atoms with Crippen LogP contribution in [-0.2, 0) is 0 Å². The minimum absolute atomic E-state index is 0.0139. The highest BCUT2D eigenvalue weighted by Crippen LogP contribution is 2.23. The average Bonchev–Trinajstić information content (AvgIpc) is 3.12. The van der Waals surface area contributed by atoms with Gasteiger partial charge in [-0.3, -0.25) is 9.78 Å². The fourth-order valence-electron chi connectivity index (χ4n) is 3.27. The van der Waals surface area contributed by atoms with E-state index < -0.39 is 0 Å². The van der Waals surface area contributed by atoms with Gasteiger partial charge in [0.25, 0.3) is 5.91 Å². The normalized spacial score (nSPS) is 17.5. The summed E-state index contributed by atoms with van der Waals surface area (Å²) in [5.74, 6) is 1.63. The van der Waals surface area contributed by atoms with Gasteiger partial charge in [0.1, 0.15) is 23.4 Å². The molecule has 2 aromatic rings. The summed E-state index contributed by atoms with van der Waals surface area (Å²) in [5.41, 5.74) is 1.62. The third-order valence-corrected chi connectivity index (χ3v) is 4.70. The molecule has 25 heavy (non-hydrogen) atoms. The Labute approximate surface area is 147 Å². The van der Waals surface area contributed by atoms with Crippen molar-refractivity contribution in [2.75, 3.05) is 31.1 Å². The van der Waals surface area contributed by atoms with E-state index in [0.717, 1.165) is 50.6 Å². The SMILES string of the molecule is Cc1cccc(OC2CN(c3cncc(C(=O)N4CCCC4)n3)C2)c1. The topological polar surface area (TPSA) is 58.6 Å². The summed E-state index contributed by atoms with van der Waals surface area (Å²) in [5, 5.41) is 0. The first-order valence-electron chi connectivity index (χ1n) is 8.78. The second-order valence-corrected chi connectivity index (χ2v) is 6.72. The quantitative estimate of drug-likeness (QED) is 0.856. The molecule has 0 unspecified atom stereocenters. The van der Waals surface area contributed by atoms with Crippen LogP contribution in [0.1, 0.15) is 28.9 Å². The highest BCUT2D eigenvalue weighted by atomic mass is 16.5. The zero-order valence-electron chi connectivity index (χ0n) is 14.4. The van der Waals surface area contributed by atoms with Gasteiger partial charge in [-0.2, -0.15) is 0 Å². The van der Waals surface area contributed by atoms with Gasteiger partial charge in [0.05, 0.1) is 25.5 Å². The number of likely N-dealkylation sites (tertiary alicyclic amines) is 1. The number of hydrogen-bond acceptors (Lipinski definition) is 5. The summed E-state index contributed by atoms with van der Waals surface area (Å²) < 4.78 is 5.98. The van der Waals surface area contributed by atoms with Crippen LogP contribution in [0.25, 0.3) is 0 Å². The lowest BCUT2D eigenvalue weighted by Gasteiger charge is -2.39. The summed E-state index contributed by atoms with van der Waals surface area (Å²) in [4.78, 5) is 25.1. The van der Waals surface area contributed by atoms with Crippen molar-refractivity contribution in [3.05, 3.63) is 47.9 Å². The van der Waals surface area contributed by atoms with Crippen molar-refractivity contribution in [3.63, 3.8) is 0 Å². The molecule has 0 spiro atoms. The summed E-state index contributed by atoms with van der Waals surface area (Å²) >= 11 is 0. The van der Waals surface area contributed by atoms with E-state index in [2.05, 4.69) is 27.9 Å². The largest absolute Gasteiger partial charge is 0.487 e. The van der Waals surface area contributed by atoms with Gasteiger partial charge in [0.15, 0.2) is 0 Å². The third-order valence-electron chi connectivity index (χ3n) is 4.70. The molecule has 6 heteroatoms. The molecule has 130 valence electrons. The van der Waals surface area contributed by atoms with E-state index in [4.69, 9.17) is 4.74 Å². The summed E-state index contributed by atoms with van der Waals surface area (Å²) in [7, 11) is 0. The van der Waals surface area contributed by atoms with Crippen LogP contribution in [-0.4, -0.2) is 53.1 Å². The van der Waals surface area contributed by atoms with Gasteiger partial charge >= 0.3 is 0 Å². The van der Waals surface area contributed by atoms with Gasteiger partial charge < -0.3 is 14.5 Å². The average molecular weight is 338 g/mol. The van der Waals surface area contributed by atoms with Crippen LogP contribution in [0.4, 0.5) is 5.82 Å². The number of aryl methyl sites for hydroxylation is 1. The Morgan fingerprint density at radius 1 is 1.20 bits per heavy atom. The number of ether oxygens (including phenoxy) is 1. The Balaban J connectivity index is 1.37. The van der Waals surface area contributed by atoms with Gasteiger partial charge in [-0.25, -0.2) is 4.98 Å². The van der Waals surface area contributed by atoms with Crippen LogP contribution < -0.4 is 9.64 Å². The zero-order valence-corrected chi connectivity index (χ0v) is 14.4. The van der Waals surface area contributed by atoms with Crippen molar-refractivity contribution >= 4 is 11.7 Å². The molecule has 2 fully saturated rings. The van der Waals surface area contributed by atoms with E-state index in [1.807, 2.05) is 23.1 Å². The van der Waals surface area contributed by atoms with Crippen LogP contribution in [0, 0.1) is 6.92 Å². The molecule has 0 saturated carbocycles. The maximum atomic E-state index is 12.4. The second kappa shape index (κ2) is 6.70. The molecule has 2 saturated heterocycles. The fraction of sp³-hybridized carbons (Fsp3) is 0.421. The highest BCUT2D eigenvalue weighted by Gasteiger charge is 2.30. The lowest BCUT2D eigenvalue weighted by molar-refractivity contribution is 0.0786. The van der Waals surface area contributed by atoms with Crippen molar-refractivity contribution in [3.8, 4) is 5.75 Å². The molecule has 1 aromatic heterocycles. The van der Waals surface area contributed by atoms with Crippen molar-refractivity contribution in [2.24, 2.45) is 0 Å². The number of hydrogen-bond donors (Lipinski definition) is 0. The van der Waals surface area contributed by atoms with E-state index in [9.17, 15) is 4.79 Å². The molecule has 3 heterocycles. The van der Waals surface area contributed by atoms with E-state index in [1.165, 1.54) is 5.56 Å². The van der Waals surface area contributed by atoms with E-state index in [-0.39, 0.29) is 12.0 Å². The number of amides is 1. The Bertz CT molecular complexity index is 768. The third kappa shape index (κ3) is 3.43. The number of carbonyl (C=O) groups excluding carboxylic acids is 1. The van der Waals surface area contributed by atoms with Crippen molar-refractivity contribution in [1.29, 1.82) is 0 Å². The Morgan fingerprint density at radius 2 is 2.00 bits per heavy atom. The van der Waals surface area contributed by atoms with Crippen LogP contribution in [0.5, 0.6) is 5.75 Å². The number of rotatable bonds is 4. The molecule has 0 radical (unpaired) electrons. The molecule has 2 aliphatic rings. The van der Waals surface area contributed by atoms with Crippen LogP contribution in [0.3, 0.4) is 0 Å². The Hall–Kier alpha value is -2.63. The monoisotopic (exact) mass is 338 g/mol. The minimum atomic E-state index is -0.0139. The molecule has 0 N–H and O–H groups in total. The number of aromatic nitrogens is 2. The van der Waals surface area contributed by atoms with E-state index in [1.54, 1.807) is 12.4 Å². The smallest absolute Gasteiger partial charge is 0.274 e. The lowest BCUT2D eigenvalue weighted by Crippen LogP contribution is -2.54. The number of benzene rings is 1. The molecule has 1 aromatic carbocycles. The lowest BCUT2D eigenvalue weighted by atomic mass is 10.1. The van der Waals surface area contributed by atoms with E-state index >= 15 is 0 Å². The Morgan fingerprint density at radius 3 is 2.76 bits per heavy atom. The van der Waals surface area contributed by atoms with Crippen molar-refractivity contribution in [1.82, 2.24) is 14.9 Å². The van der Waals surface area contributed by atoms with Crippen molar-refractivity contribution < 1.29 is 9.53 Å². The number of nitrogens with zero attached hydrogens (tertiary/aromatic N) is 4. The van der Waals surface area contributed by atoms with E-state index in [0.29, 0.717) is 5.69 Å². The first kappa shape index (κ1) is 15.9. The van der Waals surface area contributed by atoms with Crippen molar-refractivity contribution in [2.45, 2.75) is 25.9 Å². The summed E-state index contributed by atoms with van der Waals surface area (Å²) in [6.45, 7) is 5.20. The number of anilines is 1. The van der Waals surface area contributed by atoms with Gasteiger partial charge in [0.2, 0.25) is 0 Å². The molecule has 0 atom stereocenters. The van der Waals surface area contributed by atoms with Gasteiger partial charge in [-0.1, -0.05) is 12.1 Å². The molecule has 6 nitrogen and oxygen atoms in total. The first-order valence-corrected chi connectivity index (χ1v) is 8.78. The Kier molecular flexibility index (Phi) is 4.26. The highest BCUT2D eigenvalue weighted by molar-refractivity contribution is 5.92. The minimum Gasteiger partial charge on any atom is -0.487 e. The van der Waals surface area contributed by atoms with Gasteiger partial charge in [-0.15, -0.1) is 0 Å². The molecule has 1 amide bonds. The predicted molar refractivity (Wildman–Crippen MR) is 95.0 cm³/mol. The molecule has 0 aliphatic carbocycles. The molecule has 4 rings (SSSR count). The maximum absolute atomic E-state index is 12.4. The summed E-state index contributed by atoms with van der Waals surface area (Å²) in [6, 6.07) is 8.07. The number of carbonyl (C=O) groups is 1.